The van der Waals surface area contributed by atoms with E-state index in [0.29, 0.717) is 17.9 Å². The maximum Gasteiger partial charge on any atom is 0.339 e. The van der Waals surface area contributed by atoms with Crippen LogP contribution in [0.5, 0.6) is 0 Å². The molecule has 1 unspecified atom stereocenters. The van der Waals surface area contributed by atoms with E-state index in [9.17, 15) is 19.7 Å². The van der Waals surface area contributed by atoms with E-state index in [1.54, 1.807) is 0 Å². The average Bonchev–Trinajstić information content (AvgIpc) is 2.95. The summed E-state index contributed by atoms with van der Waals surface area (Å²) in [5.74, 6) is -0.151. The number of carbonyl (C=O) groups excluding carboxylic acids is 2. The fourth-order valence-electron chi connectivity index (χ4n) is 1.87. The molecule has 0 bridgehead atoms. The normalized spacial score (nSPS) is 17.9. The molecule has 106 valence electrons. The van der Waals surface area contributed by atoms with Gasteiger partial charge in [0.1, 0.15) is 0 Å². The van der Waals surface area contributed by atoms with Crippen molar-refractivity contribution in [1.82, 2.24) is 4.90 Å². The predicted molar refractivity (Wildman–Crippen MR) is 72.4 cm³/mol. The maximum atomic E-state index is 12.3. The van der Waals surface area contributed by atoms with E-state index in [4.69, 9.17) is 0 Å². The summed E-state index contributed by atoms with van der Waals surface area (Å²) in [6.07, 6.45) is 0. The number of nitrogens with zero attached hydrogens (tertiary/aromatic N) is 2. The minimum atomic E-state index is -0.650. The molecule has 1 amide bonds. The molecule has 1 aromatic carbocycles. The van der Waals surface area contributed by atoms with Crippen LogP contribution in [0.15, 0.2) is 24.3 Å². The van der Waals surface area contributed by atoms with Gasteiger partial charge in [0.25, 0.3) is 11.6 Å². The van der Waals surface area contributed by atoms with Crippen molar-refractivity contribution in [3.8, 4) is 0 Å². The first-order valence-corrected chi connectivity index (χ1v) is 6.84. The van der Waals surface area contributed by atoms with Gasteiger partial charge in [-0.2, -0.15) is 0 Å². The van der Waals surface area contributed by atoms with Gasteiger partial charge in [-0.3, -0.25) is 14.9 Å². The second kappa shape index (κ2) is 5.91. The smallest absolute Gasteiger partial charge is 0.339 e. The lowest BCUT2D eigenvalue weighted by Crippen LogP contribution is -2.40. The molecule has 1 heterocycles. The molecule has 1 saturated heterocycles. The lowest BCUT2D eigenvalue weighted by atomic mass is 10.2. The first kappa shape index (κ1) is 14.3. The van der Waals surface area contributed by atoms with Crippen LogP contribution >= 0.6 is 11.8 Å². The Hall–Kier alpha value is -2.09. The van der Waals surface area contributed by atoms with Crippen LogP contribution in [0.4, 0.5) is 5.69 Å². The summed E-state index contributed by atoms with van der Waals surface area (Å²) < 4.78 is 4.66. The molecule has 1 fully saturated rings. The van der Waals surface area contributed by atoms with E-state index < -0.39 is 16.3 Å². The van der Waals surface area contributed by atoms with E-state index in [1.165, 1.54) is 48.0 Å². The van der Waals surface area contributed by atoms with Crippen molar-refractivity contribution in [2.45, 2.75) is 5.37 Å². The quantitative estimate of drug-likeness (QED) is 0.474. The van der Waals surface area contributed by atoms with Crippen molar-refractivity contribution in [3.63, 3.8) is 0 Å². The Morgan fingerprint density at radius 1 is 1.40 bits per heavy atom. The van der Waals surface area contributed by atoms with Gasteiger partial charge >= 0.3 is 5.97 Å². The van der Waals surface area contributed by atoms with Crippen molar-refractivity contribution in [2.24, 2.45) is 0 Å². The predicted octanol–water partition coefficient (Wildman–Crippen LogP) is 1.28. The highest BCUT2D eigenvalue weighted by molar-refractivity contribution is 8.00. The molecule has 0 N–H and O–H groups in total. The van der Waals surface area contributed by atoms with Crippen LogP contribution in [0, 0.1) is 10.1 Å². The molecule has 0 spiro atoms. The van der Waals surface area contributed by atoms with Crippen LogP contribution in [0.1, 0.15) is 10.4 Å². The number of methoxy groups -OCH3 is 1. The number of non-ortho nitro benzene ring substituents is 1. The monoisotopic (exact) mass is 296 g/mol. The van der Waals surface area contributed by atoms with E-state index in [-0.39, 0.29) is 11.6 Å². The number of amides is 1. The Labute approximate surface area is 119 Å². The molecule has 8 heteroatoms. The summed E-state index contributed by atoms with van der Waals surface area (Å²) in [6, 6.07) is 5.31. The van der Waals surface area contributed by atoms with Gasteiger partial charge in [-0.05, 0) is 12.1 Å². The van der Waals surface area contributed by atoms with Gasteiger partial charge in [-0.25, -0.2) is 4.79 Å². The Bertz CT molecular complexity index is 545. The molecule has 1 aliphatic rings. The number of hydrogen-bond donors (Lipinski definition) is 0. The standard InChI is InChI=1S/C12H12N2O5S/c1-19-12(16)11-13(6-7-20-11)10(15)8-2-4-9(5-3-8)14(17)18/h2-5,11H,6-7H2,1H3. The highest BCUT2D eigenvalue weighted by Gasteiger charge is 2.36. The zero-order valence-corrected chi connectivity index (χ0v) is 11.5. The summed E-state index contributed by atoms with van der Waals surface area (Å²) in [5, 5.41) is 9.91. The van der Waals surface area contributed by atoms with Gasteiger partial charge in [0, 0.05) is 30.0 Å². The number of benzene rings is 1. The second-order valence-corrected chi connectivity index (χ2v) is 5.24. The van der Waals surface area contributed by atoms with Gasteiger partial charge < -0.3 is 9.64 Å². The van der Waals surface area contributed by atoms with Crippen LogP contribution in [0.25, 0.3) is 0 Å². The van der Waals surface area contributed by atoms with Crippen molar-refractivity contribution >= 4 is 29.3 Å². The topological polar surface area (TPSA) is 89.8 Å². The highest BCUT2D eigenvalue weighted by atomic mass is 32.2. The summed E-state index contributed by atoms with van der Waals surface area (Å²) in [6.45, 7) is 0.445. The number of rotatable bonds is 3. The number of nitro benzene ring substituents is 1. The number of nitro groups is 1. The number of esters is 1. The van der Waals surface area contributed by atoms with Crippen molar-refractivity contribution in [1.29, 1.82) is 0 Å². The second-order valence-electron chi connectivity index (χ2n) is 4.05. The van der Waals surface area contributed by atoms with Gasteiger partial charge in [0.2, 0.25) is 0 Å². The first-order valence-electron chi connectivity index (χ1n) is 5.79. The van der Waals surface area contributed by atoms with Crippen LogP contribution in [0.2, 0.25) is 0 Å². The van der Waals surface area contributed by atoms with Gasteiger partial charge in [0.15, 0.2) is 5.37 Å². The minimum absolute atomic E-state index is 0.0816. The third-order valence-electron chi connectivity index (χ3n) is 2.88. The lowest BCUT2D eigenvalue weighted by Gasteiger charge is -2.21. The van der Waals surface area contributed by atoms with Crippen LogP contribution in [-0.2, 0) is 9.53 Å². The zero-order valence-electron chi connectivity index (χ0n) is 10.6. The molecule has 1 atom stereocenters. The third-order valence-corrected chi connectivity index (χ3v) is 4.06. The highest BCUT2D eigenvalue weighted by Crippen LogP contribution is 2.26. The SMILES string of the molecule is COC(=O)C1SCCN1C(=O)c1ccc([N+](=O)[O-])cc1. The molecule has 2 rings (SSSR count). The molecule has 1 aromatic rings. The summed E-state index contributed by atoms with van der Waals surface area (Å²) in [4.78, 5) is 35.3. The molecule has 7 nitrogen and oxygen atoms in total. The summed E-state index contributed by atoms with van der Waals surface area (Å²) in [7, 11) is 1.27. The Balaban J connectivity index is 2.18. The van der Waals surface area contributed by atoms with Crippen LogP contribution < -0.4 is 0 Å². The molecule has 0 aromatic heterocycles. The van der Waals surface area contributed by atoms with E-state index >= 15 is 0 Å². The number of thioether (sulfide) groups is 1. The Kier molecular flexibility index (Phi) is 4.23. The van der Waals surface area contributed by atoms with Crippen molar-refractivity contribution < 1.29 is 19.2 Å². The summed E-state index contributed by atoms with van der Waals surface area (Å²) in [5.41, 5.74) is 0.230. The van der Waals surface area contributed by atoms with Crippen molar-refractivity contribution in [3.05, 3.63) is 39.9 Å². The number of carbonyl (C=O) groups is 2. The molecule has 0 saturated carbocycles. The van der Waals surface area contributed by atoms with Gasteiger partial charge in [-0.15, -0.1) is 11.8 Å². The third kappa shape index (κ3) is 2.74. The molecular weight excluding hydrogens is 284 g/mol. The minimum Gasteiger partial charge on any atom is -0.467 e. The lowest BCUT2D eigenvalue weighted by molar-refractivity contribution is -0.384. The van der Waals surface area contributed by atoms with Crippen LogP contribution in [-0.4, -0.2) is 46.5 Å². The molecule has 0 radical (unpaired) electrons. The van der Waals surface area contributed by atoms with E-state index in [1.807, 2.05) is 0 Å². The zero-order chi connectivity index (χ0) is 14.7. The Morgan fingerprint density at radius 3 is 2.60 bits per heavy atom. The van der Waals surface area contributed by atoms with Gasteiger partial charge in [-0.1, -0.05) is 0 Å². The van der Waals surface area contributed by atoms with Crippen LogP contribution in [0.3, 0.4) is 0 Å². The van der Waals surface area contributed by atoms with Gasteiger partial charge in [0.05, 0.1) is 12.0 Å². The van der Waals surface area contributed by atoms with Crippen molar-refractivity contribution in [2.75, 3.05) is 19.4 Å². The molecule has 1 aliphatic heterocycles. The fourth-order valence-corrected chi connectivity index (χ4v) is 3.00. The maximum absolute atomic E-state index is 12.3. The average molecular weight is 296 g/mol. The van der Waals surface area contributed by atoms with E-state index in [2.05, 4.69) is 4.74 Å². The number of hydrogen-bond acceptors (Lipinski definition) is 6. The summed E-state index contributed by atoms with van der Waals surface area (Å²) >= 11 is 1.34. The molecule has 0 aliphatic carbocycles. The van der Waals surface area contributed by atoms with E-state index in [0.717, 1.165) is 0 Å². The molecule has 20 heavy (non-hydrogen) atoms. The molecular formula is C12H12N2O5S. The first-order chi connectivity index (χ1) is 9.54. The fraction of sp³-hybridized carbons (Fsp3) is 0.333. The largest absolute Gasteiger partial charge is 0.467 e. The number of ether oxygens (including phenoxy) is 1. The Morgan fingerprint density at radius 2 is 2.05 bits per heavy atom.